The number of nitrogens with zero attached hydrogens (tertiary/aromatic N) is 2. The topological polar surface area (TPSA) is 79.7 Å². The van der Waals surface area contributed by atoms with Gasteiger partial charge in [0.25, 0.3) is 0 Å². The van der Waals surface area contributed by atoms with Gasteiger partial charge in [0.1, 0.15) is 10.4 Å². The summed E-state index contributed by atoms with van der Waals surface area (Å²) < 4.78 is 5.07. The Labute approximate surface area is 156 Å². The number of hydrogen-bond donors (Lipinski definition) is 1. The Hall–Kier alpha value is -2.25. The van der Waals surface area contributed by atoms with Crippen LogP contribution < -0.4 is 0 Å². The number of aliphatic carboxylic acids is 1. The largest absolute Gasteiger partial charge is 0.481 e. The van der Waals surface area contributed by atoms with Gasteiger partial charge in [-0.15, -0.1) is 11.3 Å². The van der Waals surface area contributed by atoms with Crippen molar-refractivity contribution in [1.29, 1.82) is 0 Å². The van der Waals surface area contributed by atoms with Gasteiger partial charge in [-0.2, -0.15) is 0 Å². The molecule has 0 aliphatic carbocycles. The zero-order valence-corrected chi connectivity index (χ0v) is 15.7. The third-order valence-corrected chi connectivity index (χ3v) is 5.70. The first-order valence-electron chi connectivity index (χ1n) is 8.45. The predicted molar refractivity (Wildman–Crippen MR) is 99.1 cm³/mol. The van der Waals surface area contributed by atoms with E-state index < -0.39 is 11.4 Å². The summed E-state index contributed by atoms with van der Waals surface area (Å²) in [5.74, 6) is -1.00. The van der Waals surface area contributed by atoms with Crippen LogP contribution in [0.15, 0.2) is 29.6 Å². The fourth-order valence-electron chi connectivity index (χ4n) is 3.20. The number of carboxylic acid groups (broad SMARTS) is 1. The molecule has 3 rings (SSSR count). The Kier molecular flexibility index (Phi) is 5.38. The van der Waals surface area contributed by atoms with Crippen molar-refractivity contribution in [2.45, 2.75) is 19.8 Å². The van der Waals surface area contributed by atoms with Crippen LogP contribution in [0, 0.1) is 12.3 Å². The molecule has 1 aromatic carbocycles. The molecule has 1 unspecified atom stereocenters. The van der Waals surface area contributed by atoms with Crippen LogP contribution >= 0.6 is 11.3 Å². The summed E-state index contributed by atoms with van der Waals surface area (Å²) in [5, 5.41) is 12.3. The molecule has 1 atom stereocenters. The van der Waals surface area contributed by atoms with E-state index in [9.17, 15) is 14.7 Å². The molecule has 26 heavy (non-hydrogen) atoms. The van der Waals surface area contributed by atoms with Gasteiger partial charge in [-0.05, 0) is 13.3 Å². The fraction of sp³-hybridized carbons (Fsp3) is 0.421. The number of rotatable bonds is 6. The second-order valence-electron chi connectivity index (χ2n) is 6.77. The Balaban J connectivity index is 1.66. The quantitative estimate of drug-likeness (QED) is 0.841. The third-order valence-electron chi connectivity index (χ3n) is 4.76. The lowest BCUT2D eigenvalue weighted by Crippen LogP contribution is -2.40. The Morgan fingerprint density at radius 2 is 2.08 bits per heavy atom. The molecule has 1 saturated heterocycles. The van der Waals surface area contributed by atoms with Crippen LogP contribution in [-0.4, -0.2) is 53.7 Å². The van der Waals surface area contributed by atoms with Gasteiger partial charge in [0.2, 0.25) is 5.91 Å². The van der Waals surface area contributed by atoms with Crippen LogP contribution in [0.1, 0.15) is 17.7 Å². The molecule has 138 valence electrons. The molecule has 6 nitrogen and oxygen atoms in total. The highest BCUT2D eigenvalue weighted by molar-refractivity contribution is 7.13. The van der Waals surface area contributed by atoms with E-state index >= 15 is 0 Å². The summed E-state index contributed by atoms with van der Waals surface area (Å²) in [6.45, 7) is 2.76. The number of benzene rings is 1. The van der Waals surface area contributed by atoms with Gasteiger partial charge in [-0.25, -0.2) is 4.98 Å². The zero-order valence-electron chi connectivity index (χ0n) is 14.9. The highest BCUT2D eigenvalue weighted by Gasteiger charge is 2.46. The average Bonchev–Trinajstić information content (AvgIpc) is 3.24. The van der Waals surface area contributed by atoms with E-state index in [1.54, 1.807) is 4.90 Å². The molecule has 1 amide bonds. The van der Waals surface area contributed by atoms with E-state index in [-0.39, 0.29) is 25.5 Å². The third kappa shape index (κ3) is 3.78. The molecule has 1 N–H and O–H groups in total. The van der Waals surface area contributed by atoms with Crippen LogP contribution in [0.3, 0.4) is 0 Å². The van der Waals surface area contributed by atoms with Crippen molar-refractivity contribution in [1.82, 2.24) is 9.88 Å². The van der Waals surface area contributed by atoms with Crippen LogP contribution in [0.4, 0.5) is 0 Å². The van der Waals surface area contributed by atoms with Gasteiger partial charge < -0.3 is 14.7 Å². The van der Waals surface area contributed by atoms with Crippen molar-refractivity contribution < 1.29 is 19.4 Å². The summed E-state index contributed by atoms with van der Waals surface area (Å²) in [4.78, 5) is 30.3. The van der Waals surface area contributed by atoms with E-state index in [0.717, 1.165) is 16.3 Å². The number of likely N-dealkylation sites (tertiary alicyclic amines) is 1. The standard InChI is InChI=1S/C19H22N2O4S/c1-13-3-5-14(6-4-13)17-20-15(10-26-17)9-16(22)21-8-7-19(11-21,12-25-2)18(23)24/h3-6,10H,7-9,11-12H2,1-2H3,(H,23,24). The number of methoxy groups -OCH3 is 1. The summed E-state index contributed by atoms with van der Waals surface area (Å²) >= 11 is 1.51. The first kappa shape index (κ1) is 18.5. The monoisotopic (exact) mass is 374 g/mol. The highest BCUT2D eigenvalue weighted by atomic mass is 32.1. The van der Waals surface area contributed by atoms with Crippen LogP contribution in [0.5, 0.6) is 0 Å². The number of aromatic nitrogens is 1. The Morgan fingerprint density at radius 3 is 2.73 bits per heavy atom. The van der Waals surface area contributed by atoms with Crippen LogP contribution in [-0.2, 0) is 20.7 Å². The van der Waals surface area contributed by atoms with Gasteiger partial charge in [0, 0.05) is 31.1 Å². The van der Waals surface area contributed by atoms with E-state index in [4.69, 9.17) is 4.74 Å². The minimum absolute atomic E-state index is 0.0926. The number of amides is 1. The molecule has 2 heterocycles. The SMILES string of the molecule is COCC1(C(=O)O)CCN(C(=O)Cc2csc(-c3ccc(C)cc3)n2)C1. The smallest absolute Gasteiger partial charge is 0.313 e. The van der Waals surface area contributed by atoms with Crippen molar-refractivity contribution >= 4 is 23.2 Å². The number of hydrogen-bond acceptors (Lipinski definition) is 5. The Bertz CT molecular complexity index is 802. The first-order chi connectivity index (χ1) is 12.4. The number of carbonyl (C=O) groups excluding carboxylic acids is 1. The number of aryl methyl sites for hydroxylation is 1. The number of carbonyl (C=O) groups is 2. The number of ether oxygens (including phenoxy) is 1. The van der Waals surface area contributed by atoms with Crippen molar-refractivity contribution in [2.75, 3.05) is 26.8 Å². The van der Waals surface area contributed by atoms with Crippen molar-refractivity contribution in [3.05, 3.63) is 40.9 Å². The maximum absolute atomic E-state index is 12.6. The molecular formula is C19H22N2O4S. The molecule has 1 aromatic heterocycles. The second-order valence-corrected chi connectivity index (χ2v) is 7.63. The molecule has 0 bridgehead atoms. The Morgan fingerprint density at radius 1 is 1.35 bits per heavy atom. The normalized spacial score (nSPS) is 19.7. The van der Waals surface area contributed by atoms with Gasteiger partial charge >= 0.3 is 5.97 Å². The molecule has 1 aliphatic heterocycles. The molecular weight excluding hydrogens is 352 g/mol. The van der Waals surface area contributed by atoms with Gasteiger partial charge in [-0.3, -0.25) is 9.59 Å². The summed E-state index contributed by atoms with van der Waals surface area (Å²) in [6, 6.07) is 8.11. The number of thiazole rings is 1. The molecule has 2 aromatic rings. The minimum Gasteiger partial charge on any atom is -0.481 e. The molecule has 0 spiro atoms. The maximum atomic E-state index is 12.6. The number of carboxylic acids is 1. The van der Waals surface area contributed by atoms with Crippen molar-refractivity contribution in [2.24, 2.45) is 5.41 Å². The van der Waals surface area contributed by atoms with E-state index in [1.165, 1.54) is 24.0 Å². The van der Waals surface area contributed by atoms with E-state index in [0.29, 0.717) is 13.0 Å². The highest BCUT2D eigenvalue weighted by Crippen LogP contribution is 2.32. The summed E-state index contributed by atoms with van der Waals surface area (Å²) in [7, 11) is 1.48. The van der Waals surface area contributed by atoms with E-state index in [2.05, 4.69) is 4.98 Å². The first-order valence-corrected chi connectivity index (χ1v) is 9.33. The van der Waals surface area contributed by atoms with E-state index in [1.807, 2.05) is 36.6 Å². The van der Waals surface area contributed by atoms with Crippen LogP contribution in [0.25, 0.3) is 10.6 Å². The molecule has 1 fully saturated rings. The summed E-state index contributed by atoms with van der Waals surface area (Å²) in [6.07, 6.45) is 0.596. The van der Waals surface area contributed by atoms with Gasteiger partial charge in [0.05, 0.1) is 18.7 Å². The van der Waals surface area contributed by atoms with Gasteiger partial charge in [0.15, 0.2) is 0 Å². The lowest BCUT2D eigenvalue weighted by Gasteiger charge is -2.23. The van der Waals surface area contributed by atoms with Crippen LogP contribution in [0.2, 0.25) is 0 Å². The van der Waals surface area contributed by atoms with Crippen molar-refractivity contribution in [3.8, 4) is 10.6 Å². The molecule has 0 radical (unpaired) electrons. The second kappa shape index (κ2) is 7.55. The predicted octanol–water partition coefficient (Wildman–Crippen LogP) is 2.61. The zero-order chi connectivity index (χ0) is 18.7. The minimum atomic E-state index is -1.00. The average molecular weight is 374 g/mol. The van der Waals surface area contributed by atoms with Gasteiger partial charge in [-0.1, -0.05) is 29.8 Å². The molecule has 7 heteroatoms. The van der Waals surface area contributed by atoms with Crippen molar-refractivity contribution in [3.63, 3.8) is 0 Å². The fourth-order valence-corrected chi connectivity index (χ4v) is 4.03. The summed E-state index contributed by atoms with van der Waals surface area (Å²) in [5.41, 5.74) is 1.94. The molecule has 0 saturated carbocycles. The maximum Gasteiger partial charge on any atom is 0.313 e. The molecule has 1 aliphatic rings. The lowest BCUT2D eigenvalue weighted by atomic mass is 9.88. The lowest BCUT2D eigenvalue weighted by molar-refractivity contribution is -0.151.